The Labute approximate surface area is 120 Å². The van der Waals surface area contributed by atoms with Crippen molar-refractivity contribution in [1.82, 2.24) is 25.3 Å². The van der Waals surface area contributed by atoms with Gasteiger partial charge in [0.05, 0.1) is 11.8 Å². The van der Waals surface area contributed by atoms with E-state index in [0.29, 0.717) is 23.1 Å². The van der Waals surface area contributed by atoms with Gasteiger partial charge in [-0.3, -0.25) is 4.79 Å². The van der Waals surface area contributed by atoms with Gasteiger partial charge in [-0.2, -0.15) is 4.68 Å². The van der Waals surface area contributed by atoms with Crippen molar-refractivity contribution in [1.29, 1.82) is 0 Å². The van der Waals surface area contributed by atoms with Crippen LogP contribution in [0, 0.1) is 6.92 Å². The molecular weight excluding hydrogens is 278 g/mol. The molecular formula is C12H15N5O2S. The Morgan fingerprint density at radius 1 is 1.65 bits per heavy atom. The molecule has 3 rings (SSSR count). The van der Waals surface area contributed by atoms with Crippen LogP contribution < -0.4 is 5.32 Å². The predicted octanol–water partition coefficient (Wildman–Crippen LogP) is 0.941. The summed E-state index contributed by atoms with van der Waals surface area (Å²) in [4.78, 5) is 16.3. The van der Waals surface area contributed by atoms with Crippen molar-refractivity contribution in [2.24, 2.45) is 0 Å². The number of thiazole rings is 1. The Kier molecular flexibility index (Phi) is 3.75. The van der Waals surface area contributed by atoms with E-state index in [1.165, 1.54) is 11.3 Å². The van der Waals surface area contributed by atoms with Crippen LogP contribution in [0.3, 0.4) is 0 Å². The zero-order chi connectivity index (χ0) is 13.9. The molecule has 1 N–H and O–H groups in total. The summed E-state index contributed by atoms with van der Waals surface area (Å²) in [5.41, 5.74) is 1.02. The molecule has 1 fully saturated rings. The SMILES string of the molecule is Cc1c(C(=O)NC[C@H]2CCCO2)nnn1-c1nccs1. The van der Waals surface area contributed by atoms with E-state index in [4.69, 9.17) is 4.74 Å². The lowest BCUT2D eigenvalue weighted by molar-refractivity contribution is 0.0853. The summed E-state index contributed by atoms with van der Waals surface area (Å²) in [6.07, 6.45) is 3.86. The Bertz CT molecular complexity index is 589. The lowest BCUT2D eigenvalue weighted by Crippen LogP contribution is -2.32. The number of rotatable bonds is 4. The average Bonchev–Trinajstić information content (AvgIpc) is 3.17. The van der Waals surface area contributed by atoms with Crippen LogP contribution in [0.25, 0.3) is 5.13 Å². The van der Waals surface area contributed by atoms with Gasteiger partial charge >= 0.3 is 0 Å². The Hall–Kier alpha value is -1.80. The molecule has 106 valence electrons. The lowest BCUT2D eigenvalue weighted by atomic mass is 10.2. The molecule has 20 heavy (non-hydrogen) atoms. The first kappa shape index (κ1) is 13.2. The Morgan fingerprint density at radius 3 is 3.25 bits per heavy atom. The highest BCUT2D eigenvalue weighted by atomic mass is 32.1. The number of amides is 1. The zero-order valence-corrected chi connectivity index (χ0v) is 11.9. The van der Waals surface area contributed by atoms with E-state index in [-0.39, 0.29) is 12.0 Å². The number of hydrogen-bond donors (Lipinski definition) is 1. The first-order valence-corrected chi connectivity index (χ1v) is 7.35. The van der Waals surface area contributed by atoms with Gasteiger partial charge < -0.3 is 10.1 Å². The monoisotopic (exact) mass is 293 g/mol. The Morgan fingerprint density at radius 2 is 2.55 bits per heavy atom. The molecule has 0 aromatic carbocycles. The maximum atomic E-state index is 12.1. The second kappa shape index (κ2) is 5.68. The van der Waals surface area contributed by atoms with Gasteiger partial charge in [0.25, 0.3) is 5.91 Å². The van der Waals surface area contributed by atoms with Gasteiger partial charge in [0.15, 0.2) is 5.69 Å². The topological polar surface area (TPSA) is 81.9 Å². The standard InChI is InChI=1S/C12H15N5O2S/c1-8-10(11(18)14-7-9-3-2-5-19-9)15-16-17(8)12-13-4-6-20-12/h4,6,9H,2-3,5,7H2,1H3,(H,14,18)/t9-/m1/s1. The minimum Gasteiger partial charge on any atom is -0.376 e. The van der Waals surface area contributed by atoms with Crippen molar-refractivity contribution in [3.8, 4) is 5.13 Å². The Balaban J connectivity index is 1.69. The molecule has 1 aliphatic heterocycles. The molecule has 0 unspecified atom stereocenters. The highest BCUT2D eigenvalue weighted by Gasteiger charge is 2.21. The summed E-state index contributed by atoms with van der Waals surface area (Å²) in [5, 5.41) is 13.3. The summed E-state index contributed by atoms with van der Waals surface area (Å²) < 4.78 is 7.04. The molecule has 1 amide bonds. The smallest absolute Gasteiger partial charge is 0.273 e. The largest absolute Gasteiger partial charge is 0.376 e. The van der Waals surface area contributed by atoms with E-state index in [0.717, 1.165) is 19.4 Å². The number of nitrogens with zero attached hydrogens (tertiary/aromatic N) is 4. The fourth-order valence-electron chi connectivity index (χ4n) is 2.14. The summed E-state index contributed by atoms with van der Waals surface area (Å²) >= 11 is 1.45. The van der Waals surface area contributed by atoms with Crippen LogP contribution in [0.2, 0.25) is 0 Å². The fraction of sp³-hybridized carbons (Fsp3) is 0.500. The van der Waals surface area contributed by atoms with Gasteiger partial charge in [-0.15, -0.1) is 16.4 Å². The number of hydrogen-bond acceptors (Lipinski definition) is 6. The minimum atomic E-state index is -0.221. The van der Waals surface area contributed by atoms with Gasteiger partial charge in [-0.05, 0) is 19.8 Å². The molecule has 0 saturated carbocycles. The maximum absolute atomic E-state index is 12.1. The van der Waals surface area contributed by atoms with Crippen molar-refractivity contribution in [2.75, 3.05) is 13.2 Å². The number of nitrogens with one attached hydrogen (secondary N) is 1. The van der Waals surface area contributed by atoms with Crippen molar-refractivity contribution >= 4 is 17.2 Å². The number of aromatic nitrogens is 4. The quantitative estimate of drug-likeness (QED) is 0.907. The molecule has 3 heterocycles. The van der Waals surface area contributed by atoms with E-state index in [1.807, 2.05) is 12.3 Å². The van der Waals surface area contributed by atoms with Crippen LogP contribution in [-0.4, -0.2) is 45.1 Å². The maximum Gasteiger partial charge on any atom is 0.273 e. The molecule has 0 spiro atoms. The number of carbonyl (C=O) groups is 1. The van der Waals surface area contributed by atoms with Gasteiger partial charge in [-0.25, -0.2) is 4.98 Å². The third-order valence-electron chi connectivity index (χ3n) is 3.22. The van der Waals surface area contributed by atoms with Gasteiger partial charge in [0.2, 0.25) is 5.13 Å². The van der Waals surface area contributed by atoms with E-state index < -0.39 is 0 Å². The normalized spacial score (nSPS) is 18.4. The van der Waals surface area contributed by atoms with E-state index in [2.05, 4.69) is 20.6 Å². The van der Waals surface area contributed by atoms with Crippen LogP contribution in [0.5, 0.6) is 0 Å². The van der Waals surface area contributed by atoms with Gasteiger partial charge in [0, 0.05) is 24.7 Å². The summed E-state index contributed by atoms with van der Waals surface area (Å²) in [7, 11) is 0. The van der Waals surface area contributed by atoms with Gasteiger partial charge in [-0.1, -0.05) is 5.21 Å². The van der Waals surface area contributed by atoms with Crippen molar-refractivity contribution < 1.29 is 9.53 Å². The van der Waals surface area contributed by atoms with Crippen molar-refractivity contribution in [3.63, 3.8) is 0 Å². The molecule has 2 aromatic heterocycles. The molecule has 0 radical (unpaired) electrons. The summed E-state index contributed by atoms with van der Waals surface area (Å²) in [6, 6.07) is 0. The highest BCUT2D eigenvalue weighted by molar-refractivity contribution is 7.12. The first-order valence-electron chi connectivity index (χ1n) is 6.47. The first-order chi connectivity index (χ1) is 9.75. The van der Waals surface area contributed by atoms with Crippen LogP contribution in [0.15, 0.2) is 11.6 Å². The van der Waals surface area contributed by atoms with Crippen molar-refractivity contribution in [2.45, 2.75) is 25.9 Å². The zero-order valence-electron chi connectivity index (χ0n) is 11.1. The molecule has 1 atom stereocenters. The molecule has 7 nitrogen and oxygen atoms in total. The average molecular weight is 293 g/mol. The second-order valence-electron chi connectivity index (χ2n) is 4.59. The molecule has 0 bridgehead atoms. The third-order valence-corrected chi connectivity index (χ3v) is 3.97. The molecule has 1 aliphatic rings. The van der Waals surface area contributed by atoms with Crippen LogP contribution >= 0.6 is 11.3 Å². The van der Waals surface area contributed by atoms with E-state index >= 15 is 0 Å². The minimum absolute atomic E-state index is 0.119. The van der Waals surface area contributed by atoms with Crippen LogP contribution in [0.1, 0.15) is 29.0 Å². The number of carbonyl (C=O) groups excluding carboxylic acids is 1. The molecule has 8 heteroatoms. The predicted molar refractivity (Wildman–Crippen MR) is 73.1 cm³/mol. The summed E-state index contributed by atoms with van der Waals surface area (Å²) in [6.45, 7) is 3.10. The van der Waals surface area contributed by atoms with Crippen LogP contribution in [-0.2, 0) is 4.74 Å². The fourth-order valence-corrected chi connectivity index (χ4v) is 2.78. The van der Waals surface area contributed by atoms with E-state index in [9.17, 15) is 4.79 Å². The van der Waals surface area contributed by atoms with Gasteiger partial charge in [0.1, 0.15) is 0 Å². The van der Waals surface area contributed by atoms with Crippen molar-refractivity contribution in [3.05, 3.63) is 23.0 Å². The molecule has 1 saturated heterocycles. The highest BCUT2D eigenvalue weighted by Crippen LogP contribution is 2.15. The van der Waals surface area contributed by atoms with Crippen LogP contribution in [0.4, 0.5) is 0 Å². The second-order valence-corrected chi connectivity index (χ2v) is 5.47. The lowest BCUT2D eigenvalue weighted by Gasteiger charge is -2.09. The summed E-state index contributed by atoms with van der Waals surface area (Å²) in [5.74, 6) is -0.221. The van der Waals surface area contributed by atoms with E-state index in [1.54, 1.807) is 10.9 Å². The third kappa shape index (κ3) is 2.56. The molecule has 2 aromatic rings. The molecule has 0 aliphatic carbocycles. The number of ether oxygens (including phenoxy) is 1.